The normalized spacial score (nSPS) is 10.6. The van der Waals surface area contributed by atoms with E-state index in [1.807, 2.05) is 44.2 Å². The van der Waals surface area contributed by atoms with Gasteiger partial charge in [-0.3, -0.25) is 4.79 Å². The fourth-order valence-electron chi connectivity index (χ4n) is 2.74. The minimum absolute atomic E-state index is 0.214. The van der Waals surface area contributed by atoms with Gasteiger partial charge in [-0.1, -0.05) is 47.5 Å². The Hall–Kier alpha value is -2.48. The van der Waals surface area contributed by atoms with Crippen LogP contribution in [0.3, 0.4) is 0 Å². The summed E-state index contributed by atoms with van der Waals surface area (Å²) in [6, 6.07) is 14.2. The first-order chi connectivity index (χ1) is 14.9. The molecule has 0 aliphatic heterocycles. The molecule has 0 radical (unpaired) electrons. The summed E-state index contributed by atoms with van der Waals surface area (Å²) in [4.78, 5) is 24.7. The number of ether oxygens (including phenoxy) is 2. The van der Waals surface area contributed by atoms with E-state index in [4.69, 9.17) is 32.7 Å². The maximum Gasteiger partial charge on any atom is 0.319 e. The molecule has 2 N–H and O–H groups in total. The van der Waals surface area contributed by atoms with Gasteiger partial charge in [-0.05, 0) is 32.0 Å². The van der Waals surface area contributed by atoms with Gasteiger partial charge in [0, 0.05) is 43.6 Å². The van der Waals surface area contributed by atoms with Crippen LogP contribution < -0.4 is 15.4 Å². The number of hydrogen-bond acceptors (Lipinski definition) is 4. The fourth-order valence-corrected chi connectivity index (χ4v) is 3.02. The SMILES string of the molecule is CCNC(=O)Nc1ccc(CN(CCOCC)C(=O)C(Cl)Cl)c(Oc2ccccc2)c1. The van der Waals surface area contributed by atoms with Gasteiger partial charge >= 0.3 is 6.03 Å². The Balaban J connectivity index is 2.31. The van der Waals surface area contributed by atoms with Crippen molar-refractivity contribution in [2.75, 3.05) is 31.6 Å². The van der Waals surface area contributed by atoms with Gasteiger partial charge in [-0.15, -0.1) is 0 Å². The van der Waals surface area contributed by atoms with Crippen LogP contribution in [0.4, 0.5) is 10.5 Å². The molecule has 168 valence electrons. The van der Waals surface area contributed by atoms with Crippen molar-refractivity contribution in [3.8, 4) is 11.5 Å². The number of para-hydroxylation sites is 1. The number of anilines is 1. The summed E-state index contributed by atoms with van der Waals surface area (Å²) in [5, 5.41) is 5.44. The van der Waals surface area contributed by atoms with Gasteiger partial charge in [0.05, 0.1) is 6.61 Å². The molecule has 3 amide bonds. The van der Waals surface area contributed by atoms with Crippen LogP contribution in [0.1, 0.15) is 19.4 Å². The molecule has 0 aromatic heterocycles. The number of benzene rings is 2. The second kappa shape index (κ2) is 13.0. The molecule has 0 unspecified atom stereocenters. The maximum atomic E-state index is 12.5. The van der Waals surface area contributed by atoms with E-state index in [2.05, 4.69) is 10.6 Å². The van der Waals surface area contributed by atoms with E-state index in [9.17, 15) is 9.59 Å². The Labute approximate surface area is 192 Å². The number of rotatable bonds is 11. The molecule has 0 bridgehead atoms. The predicted octanol–water partition coefficient (Wildman–Crippen LogP) is 4.79. The van der Waals surface area contributed by atoms with E-state index in [-0.39, 0.29) is 12.6 Å². The van der Waals surface area contributed by atoms with Gasteiger partial charge in [0.2, 0.25) is 0 Å². The molecule has 0 spiro atoms. The highest BCUT2D eigenvalue weighted by Crippen LogP contribution is 2.30. The molecule has 31 heavy (non-hydrogen) atoms. The molecule has 0 saturated heterocycles. The van der Waals surface area contributed by atoms with Crippen LogP contribution in [0.2, 0.25) is 0 Å². The second-order valence-electron chi connectivity index (χ2n) is 6.48. The van der Waals surface area contributed by atoms with Crippen LogP contribution in [-0.4, -0.2) is 48.0 Å². The van der Waals surface area contributed by atoms with Crippen LogP contribution >= 0.6 is 23.2 Å². The highest BCUT2D eigenvalue weighted by atomic mass is 35.5. The Kier molecular flexibility index (Phi) is 10.4. The number of amides is 3. The average Bonchev–Trinajstić information content (AvgIpc) is 2.75. The van der Waals surface area contributed by atoms with Gasteiger partial charge in [0.15, 0.2) is 4.84 Å². The first kappa shape index (κ1) is 24.8. The van der Waals surface area contributed by atoms with Crippen molar-refractivity contribution in [1.29, 1.82) is 0 Å². The minimum Gasteiger partial charge on any atom is -0.457 e. The highest BCUT2D eigenvalue weighted by Gasteiger charge is 2.22. The molecule has 0 aliphatic rings. The van der Waals surface area contributed by atoms with Gasteiger partial charge in [0.25, 0.3) is 5.91 Å². The predicted molar refractivity (Wildman–Crippen MR) is 123 cm³/mol. The third-order valence-electron chi connectivity index (χ3n) is 4.20. The number of nitrogens with one attached hydrogen (secondary N) is 2. The molecule has 7 nitrogen and oxygen atoms in total. The summed E-state index contributed by atoms with van der Waals surface area (Å²) in [7, 11) is 0. The quantitative estimate of drug-likeness (QED) is 0.367. The molecule has 0 atom stereocenters. The summed E-state index contributed by atoms with van der Waals surface area (Å²) in [5.74, 6) is 0.701. The van der Waals surface area contributed by atoms with Crippen LogP contribution in [0.15, 0.2) is 48.5 Å². The Morgan fingerprint density at radius 3 is 2.48 bits per heavy atom. The number of carbonyl (C=O) groups excluding carboxylic acids is 2. The van der Waals surface area contributed by atoms with Crippen molar-refractivity contribution in [3.05, 3.63) is 54.1 Å². The zero-order valence-corrected chi connectivity index (χ0v) is 19.1. The summed E-state index contributed by atoms with van der Waals surface area (Å²) in [6.07, 6.45) is 0. The van der Waals surface area contributed by atoms with E-state index in [0.29, 0.717) is 43.5 Å². The lowest BCUT2D eigenvalue weighted by Gasteiger charge is -2.24. The standard InChI is InChI=1S/C22H27Cl2N3O4/c1-3-25-22(29)26-17-11-10-16(19(14-17)31-18-8-6-5-7-9-18)15-27(12-13-30-4-2)21(28)20(23)24/h5-11,14,20H,3-4,12-13,15H2,1-2H3,(H2,25,26,29). The third kappa shape index (κ3) is 8.28. The summed E-state index contributed by atoms with van der Waals surface area (Å²) in [5.41, 5.74) is 1.28. The van der Waals surface area contributed by atoms with Crippen molar-refractivity contribution in [2.24, 2.45) is 0 Å². The number of hydrogen-bond donors (Lipinski definition) is 2. The molecular weight excluding hydrogens is 441 g/mol. The van der Waals surface area contributed by atoms with Crippen molar-refractivity contribution in [2.45, 2.75) is 25.2 Å². The maximum absolute atomic E-state index is 12.5. The molecule has 2 rings (SSSR count). The third-order valence-corrected chi connectivity index (χ3v) is 4.58. The smallest absolute Gasteiger partial charge is 0.319 e. The summed E-state index contributed by atoms with van der Waals surface area (Å²) in [6.45, 7) is 5.65. The lowest BCUT2D eigenvalue weighted by Crippen LogP contribution is -2.37. The van der Waals surface area contributed by atoms with Crippen LogP contribution in [-0.2, 0) is 16.1 Å². The molecule has 2 aromatic carbocycles. The van der Waals surface area contributed by atoms with Crippen LogP contribution in [0.5, 0.6) is 11.5 Å². The highest BCUT2D eigenvalue weighted by molar-refractivity contribution is 6.53. The lowest BCUT2D eigenvalue weighted by atomic mass is 10.1. The van der Waals surface area contributed by atoms with Gasteiger partial charge in [-0.25, -0.2) is 4.79 Å². The average molecular weight is 468 g/mol. The molecule has 9 heteroatoms. The van der Waals surface area contributed by atoms with Crippen molar-refractivity contribution < 1.29 is 19.1 Å². The van der Waals surface area contributed by atoms with Crippen LogP contribution in [0.25, 0.3) is 0 Å². The van der Waals surface area contributed by atoms with E-state index < -0.39 is 10.7 Å². The zero-order chi connectivity index (χ0) is 22.6. The van der Waals surface area contributed by atoms with E-state index in [1.165, 1.54) is 4.90 Å². The first-order valence-corrected chi connectivity index (χ1v) is 10.9. The van der Waals surface area contributed by atoms with Crippen molar-refractivity contribution >= 4 is 40.8 Å². The fraction of sp³-hybridized carbons (Fsp3) is 0.364. The molecule has 0 fully saturated rings. The van der Waals surface area contributed by atoms with Crippen molar-refractivity contribution in [3.63, 3.8) is 0 Å². The molecule has 2 aromatic rings. The topological polar surface area (TPSA) is 79.9 Å². The van der Waals surface area contributed by atoms with E-state index in [0.717, 1.165) is 5.56 Å². The minimum atomic E-state index is -1.18. The summed E-state index contributed by atoms with van der Waals surface area (Å²) >= 11 is 11.7. The summed E-state index contributed by atoms with van der Waals surface area (Å²) < 4.78 is 11.4. The lowest BCUT2D eigenvalue weighted by molar-refractivity contribution is -0.130. The number of alkyl halides is 2. The first-order valence-electron chi connectivity index (χ1n) is 10.00. The van der Waals surface area contributed by atoms with E-state index in [1.54, 1.807) is 18.2 Å². The number of nitrogens with zero attached hydrogens (tertiary/aromatic N) is 1. The Morgan fingerprint density at radius 1 is 1.10 bits per heavy atom. The van der Waals surface area contributed by atoms with Gasteiger partial charge in [0.1, 0.15) is 11.5 Å². The van der Waals surface area contributed by atoms with Gasteiger partial charge in [-0.2, -0.15) is 0 Å². The Morgan fingerprint density at radius 2 is 1.84 bits per heavy atom. The zero-order valence-electron chi connectivity index (χ0n) is 17.6. The monoisotopic (exact) mass is 467 g/mol. The van der Waals surface area contributed by atoms with Crippen molar-refractivity contribution in [1.82, 2.24) is 10.2 Å². The Bertz CT molecular complexity index is 850. The molecule has 0 heterocycles. The van der Waals surface area contributed by atoms with Gasteiger partial charge < -0.3 is 25.0 Å². The molecule has 0 saturated carbocycles. The number of halogens is 2. The second-order valence-corrected chi connectivity index (χ2v) is 7.58. The molecule has 0 aliphatic carbocycles. The van der Waals surface area contributed by atoms with E-state index >= 15 is 0 Å². The number of urea groups is 1. The molecular formula is C22H27Cl2N3O4. The number of carbonyl (C=O) groups is 2. The van der Waals surface area contributed by atoms with Crippen LogP contribution in [0, 0.1) is 0 Å². The largest absolute Gasteiger partial charge is 0.457 e.